The number of rotatable bonds is 4. The van der Waals surface area contributed by atoms with Gasteiger partial charge in [0.1, 0.15) is 0 Å². The first-order chi connectivity index (χ1) is 8.80. The van der Waals surface area contributed by atoms with Crippen LogP contribution in [0.2, 0.25) is 5.02 Å². The van der Waals surface area contributed by atoms with Crippen molar-refractivity contribution in [1.29, 1.82) is 0 Å². The second-order valence-electron chi connectivity index (χ2n) is 4.85. The third-order valence-corrected chi connectivity index (χ3v) is 6.36. The number of aliphatic hydroxyl groups is 1. The number of halogens is 2. The fourth-order valence-corrected chi connectivity index (χ4v) is 4.05. The first kappa shape index (κ1) is 15.3. The van der Waals surface area contributed by atoms with Gasteiger partial charge in [-0.25, -0.2) is 12.7 Å². The predicted octanol–water partition coefficient (Wildman–Crippen LogP) is 2.49. The van der Waals surface area contributed by atoms with Crippen LogP contribution < -0.4 is 0 Å². The molecule has 0 spiro atoms. The van der Waals surface area contributed by atoms with Crippen LogP contribution in [0.1, 0.15) is 12.8 Å². The van der Waals surface area contributed by atoms with Crippen molar-refractivity contribution in [3.05, 3.63) is 27.7 Å². The SMILES string of the molecule is CN(CC1CC(O)C1)S(=O)(=O)c1ccc(Cl)c(Br)c1. The van der Waals surface area contributed by atoms with Gasteiger partial charge in [0.25, 0.3) is 0 Å². The molecule has 19 heavy (non-hydrogen) atoms. The molecule has 1 aromatic rings. The van der Waals surface area contributed by atoms with Gasteiger partial charge in [0, 0.05) is 18.1 Å². The maximum Gasteiger partial charge on any atom is 0.242 e. The largest absolute Gasteiger partial charge is 0.393 e. The minimum absolute atomic E-state index is 0.214. The van der Waals surface area contributed by atoms with E-state index in [4.69, 9.17) is 11.6 Å². The number of hydrogen-bond acceptors (Lipinski definition) is 3. The smallest absolute Gasteiger partial charge is 0.242 e. The third kappa shape index (κ3) is 3.31. The fraction of sp³-hybridized carbons (Fsp3) is 0.500. The predicted molar refractivity (Wildman–Crippen MR) is 77.7 cm³/mol. The van der Waals surface area contributed by atoms with Gasteiger partial charge in [-0.15, -0.1) is 0 Å². The Balaban J connectivity index is 2.14. The highest BCUT2D eigenvalue weighted by Crippen LogP contribution is 2.30. The number of aliphatic hydroxyl groups excluding tert-OH is 1. The van der Waals surface area contributed by atoms with Crippen LogP contribution in [0.4, 0.5) is 0 Å². The summed E-state index contributed by atoms with van der Waals surface area (Å²) in [6, 6.07) is 4.55. The summed E-state index contributed by atoms with van der Waals surface area (Å²) in [6.07, 6.45) is 1.07. The van der Waals surface area contributed by atoms with Crippen LogP contribution >= 0.6 is 27.5 Å². The Labute approximate surface area is 126 Å². The topological polar surface area (TPSA) is 57.6 Å². The summed E-state index contributed by atoms with van der Waals surface area (Å²) in [4.78, 5) is 0.214. The summed E-state index contributed by atoms with van der Waals surface area (Å²) in [6.45, 7) is 0.430. The molecule has 0 unspecified atom stereocenters. The van der Waals surface area contributed by atoms with Gasteiger partial charge in [-0.1, -0.05) is 11.6 Å². The third-order valence-electron chi connectivity index (χ3n) is 3.33. The zero-order chi connectivity index (χ0) is 14.2. The molecule has 1 aromatic carbocycles. The van der Waals surface area contributed by atoms with Crippen molar-refractivity contribution >= 4 is 37.6 Å². The van der Waals surface area contributed by atoms with Gasteiger partial charge < -0.3 is 5.11 Å². The molecule has 0 saturated heterocycles. The Morgan fingerprint density at radius 2 is 2.11 bits per heavy atom. The molecule has 0 heterocycles. The lowest BCUT2D eigenvalue weighted by atomic mass is 9.82. The summed E-state index contributed by atoms with van der Waals surface area (Å²) in [5.74, 6) is 0.241. The van der Waals surface area contributed by atoms with Crippen LogP contribution in [0.3, 0.4) is 0 Å². The Bertz CT molecular complexity index is 572. The van der Waals surface area contributed by atoms with E-state index in [1.807, 2.05) is 0 Å². The second kappa shape index (κ2) is 5.69. The van der Waals surface area contributed by atoms with E-state index in [2.05, 4.69) is 15.9 Å². The molecule has 0 aliphatic heterocycles. The van der Waals surface area contributed by atoms with Gasteiger partial charge in [-0.2, -0.15) is 0 Å². The van der Waals surface area contributed by atoms with Crippen LogP contribution in [-0.2, 0) is 10.0 Å². The second-order valence-corrected chi connectivity index (χ2v) is 8.16. The number of sulfonamides is 1. The molecule has 1 aliphatic rings. The van der Waals surface area contributed by atoms with Crippen LogP contribution in [0.5, 0.6) is 0 Å². The number of hydrogen-bond donors (Lipinski definition) is 1. The summed E-state index contributed by atoms with van der Waals surface area (Å²) < 4.78 is 26.6. The highest BCUT2D eigenvalue weighted by atomic mass is 79.9. The van der Waals surface area contributed by atoms with E-state index in [-0.39, 0.29) is 16.9 Å². The zero-order valence-corrected chi connectivity index (χ0v) is 13.5. The van der Waals surface area contributed by atoms with Gasteiger partial charge in [-0.3, -0.25) is 0 Å². The molecular weight excluding hydrogens is 354 g/mol. The quantitative estimate of drug-likeness (QED) is 0.888. The molecule has 1 saturated carbocycles. The van der Waals surface area contributed by atoms with E-state index in [9.17, 15) is 13.5 Å². The lowest BCUT2D eigenvalue weighted by molar-refractivity contribution is 0.0367. The number of benzene rings is 1. The molecular formula is C12H15BrClNO3S. The molecule has 1 aliphatic carbocycles. The van der Waals surface area contributed by atoms with Gasteiger partial charge in [0.15, 0.2) is 0 Å². The first-order valence-corrected chi connectivity index (χ1v) is 8.51. The molecule has 0 amide bonds. The highest BCUT2D eigenvalue weighted by Gasteiger charge is 2.31. The standard InChI is InChI=1S/C12H15BrClNO3S/c1-15(7-8-4-9(16)5-8)19(17,18)10-2-3-12(14)11(13)6-10/h2-3,6,8-9,16H,4-5,7H2,1H3. The first-order valence-electron chi connectivity index (χ1n) is 5.90. The molecule has 4 nitrogen and oxygen atoms in total. The van der Waals surface area contributed by atoms with E-state index < -0.39 is 10.0 Å². The van der Waals surface area contributed by atoms with Crippen LogP contribution in [-0.4, -0.2) is 37.5 Å². The van der Waals surface area contributed by atoms with Crippen molar-refractivity contribution in [3.63, 3.8) is 0 Å². The van der Waals surface area contributed by atoms with Crippen LogP contribution in [0.25, 0.3) is 0 Å². The van der Waals surface area contributed by atoms with E-state index in [1.54, 1.807) is 13.1 Å². The fourth-order valence-electron chi connectivity index (χ4n) is 2.13. The van der Waals surface area contributed by atoms with E-state index in [0.717, 1.165) is 0 Å². The van der Waals surface area contributed by atoms with Gasteiger partial charge in [0.2, 0.25) is 10.0 Å². The maximum absolute atomic E-state index is 12.4. The average Bonchev–Trinajstić information content (AvgIpc) is 2.30. The molecule has 1 N–H and O–H groups in total. The Morgan fingerprint density at radius 3 is 2.63 bits per heavy atom. The normalized spacial score (nSPS) is 23.4. The van der Waals surface area contributed by atoms with Crippen molar-refractivity contribution in [2.75, 3.05) is 13.6 Å². The lowest BCUT2D eigenvalue weighted by Crippen LogP contribution is -2.39. The lowest BCUT2D eigenvalue weighted by Gasteiger charge is -2.34. The Kier molecular flexibility index (Phi) is 4.57. The molecule has 7 heteroatoms. The molecule has 106 valence electrons. The average molecular weight is 369 g/mol. The number of nitrogens with zero attached hydrogens (tertiary/aromatic N) is 1. The van der Waals surface area contributed by atoms with Crippen LogP contribution in [0, 0.1) is 5.92 Å². The van der Waals surface area contributed by atoms with Crippen molar-refractivity contribution in [1.82, 2.24) is 4.31 Å². The molecule has 0 radical (unpaired) electrons. The van der Waals surface area contributed by atoms with Gasteiger partial charge >= 0.3 is 0 Å². The monoisotopic (exact) mass is 367 g/mol. The summed E-state index contributed by atoms with van der Waals surface area (Å²) in [7, 11) is -1.95. The van der Waals surface area contributed by atoms with Crippen LogP contribution in [0.15, 0.2) is 27.6 Å². The van der Waals surface area contributed by atoms with Crippen molar-refractivity contribution in [3.8, 4) is 0 Å². The molecule has 0 aromatic heterocycles. The molecule has 0 bridgehead atoms. The zero-order valence-electron chi connectivity index (χ0n) is 10.4. The maximum atomic E-state index is 12.4. The van der Waals surface area contributed by atoms with Crippen molar-refractivity contribution in [2.45, 2.75) is 23.8 Å². The Morgan fingerprint density at radius 1 is 1.47 bits per heavy atom. The van der Waals surface area contributed by atoms with Crippen molar-refractivity contribution < 1.29 is 13.5 Å². The molecule has 1 fully saturated rings. The molecule has 2 rings (SSSR count). The van der Waals surface area contributed by atoms with E-state index in [1.165, 1.54) is 16.4 Å². The van der Waals surface area contributed by atoms with Gasteiger partial charge in [-0.05, 0) is 52.9 Å². The minimum atomic E-state index is -3.50. The Hall–Kier alpha value is -0.140. The summed E-state index contributed by atoms with van der Waals surface area (Å²) in [5.41, 5.74) is 0. The van der Waals surface area contributed by atoms with E-state index in [0.29, 0.717) is 28.9 Å². The summed E-state index contributed by atoms with van der Waals surface area (Å²) >= 11 is 9.08. The summed E-state index contributed by atoms with van der Waals surface area (Å²) in [5, 5.41) is 9.70. The highest BCUT2D eigenvalue weighted by molar-refractivity contribution is 9.10. The molecule has 0 atom stereocenters. The van der Waals surface area contributed by atoms with Crippen molar-refractivity contribution in [2.24, 2.45) is 5.92 Å². The van der Waals surface area contributed by atoms with E-state index >= 15 is 0 Å². The minimum Gasteiger partial charge on any atom is -0.393 e. The van der Waals surface area contributed by atoms with Gasteiger partial charge in [0.05, 0.1) is 16.0 Å².